The van der Waals surface area contributed by atoms with Gasteiger partial charge in [-0.2, -0.15) is 0 Å². The third-order valence-electron chi connectivity index (χ3n) is 12.6. The van der Waals surface area contributed by atoms with Crippen molar-refractivity contribution in [3.05, 3.63) is 0 Å². The molecule has 5 aliphatic carbocycles. The average molecular weight is 456 g/mol. The van der Waals surface area contributed by atoms with Crippen LogP contribution in [0.2, 0.25) is 24.2 Å². The van der Waals surface area contributed by atoms with E-state index in [0.717, 1.165) is 64.7 Å². The minimum absolute atomic E-state index is 0.944. The summed E-state index contributed by atoms with van der Waals surface area (Å²) in [5.74, 6) is 6.32. The summed E-state index contributed by atoms with van der Waals surface area (Å²) in [4.78, 5) is 3.34. The second-order valence-electron chi connectivity index (χ2n) is 14.5. The van der Waals surface area contributed by atoms with Crippen molar-refractivity contribution in [1.29, 1.82) is 0 Å². The van der Waals surface area contributed by atoms with Crippen molar-refractivity contribution in [3.8, 4) is 0 Å². The summed E-state index contributed by atoms with van der Waals surface area (Å²) in [7, 11) is -1.25. The fourth-order valence-electron chi connectivity index (χ4n) is 11.2. The van der Waals surface area contributed by atoms with E-state index in [1.807, 2.05) is 0 Å². The van der Waals surface area contributed by atoms with E-state index in [1.165, 1.54) is 32.1 Å². The van der Waals surface area contributed by atoms with Gasteiger partial charge in [-0.3, -0.25) is 4.90 Å². The van der Waals surface area contributed by atoms with E-state index in [-0.39, 0.29) is 0 Å². The van der Waals surface area contributed by atoms with Gasteiger partial charge in [0.2, 0.25) is 0 Å². The molecule has 1 saturated heterocycles. The van der Waals surface area contributed by atoms with E-state index in [4.69, 9.17) is 0 Å². The van der Waals surface area contributed by atoms with Crippen LogP contribution in [0.15, 0.2) is 0 Å². The molecular weight excluding hydrogens is 402 g/mol. The molecule has 0 N–H and O–H groups in total. The Morgan fingerprint density at radius 1 is 0.625 bits per heavy atom. The Balaban J connectivity index is 1.39. The fourth-order valence-corrected chi connectivity index (χ4v) is 16.6. The summed E-state index contributed by atoms with van der Waals surface area (Å²) < 4.78 is 0. The highest BCUT2D eigenvalue weighted by molar-refractivity contribution is 6.80. The van der Waals surface area contributed by atoms with Gasteiger partial charge in [0.15, 0.2) is 0 Å². The zero-order valence-corrected chi connectivity index (χ0v) is 22.9. The molecule has 6 rings (SSSR count). The van der Waals surface area contributed by atoms with Crippen LogP contribution in [0.25, 0.3) is 0 Å². The minimum atomic E-state index is -1.25. The Labute approximate surface area is 200 Å². The Morgan fingerprint density at radius 3 is 1.97 bits per heavy atom. The lowest BCUT2D eigenvalue weighted by Gasteiger charge is -2.48. The maximum Gasteiger partial charge on any atom is 0.0542 e. The number of nitrogens with zero attached hydrogens (tertiary/aromatic N) is 1. The molecule has 0 radical (unpaired) electrons. The second kappa shape index (κ2) is 8.68. The summed E-state index contributed by atoms with van der Waals surface area (Å²) in [6.45, 7) is 10.9. The van der Waals surface area contributed by atoms with Gasteiger partial charge < -0.3 is 0 Å². The van der Waals surface area contributed by atoms with E-state index in [1.54, 1.807) is 64.2 Å². The molecule has 6 aliphatic rings. The molecular formula is C30H53NSi. The van der Waals surface area contributed by atoms with Crippen molar-refractivity contribution < 1.29 is 0 Å². The van der Waals surface area contributed by atoms with Crippen LogP contribution in [0.3, 0.4) is 0 Å². The molecule has 1 heterocycles. The van der Waals surface area contributed by atoms with Gasteiger partial charge in [-0.15, -0.1) is 0 Å². The number of hydrogen-bond acceptors (Lipinski definition) is 1. The first-order chi connectivity index (χ1) is 15.5. The lowest BCUT2D eigenvalue weighted by Crippen LogP contribution is -2.50. The van der Waals surface area contributed by atoms with Gasteiger partial charge >= 0.3 is 0 Å². The predicted octanol–water partition coefficient (Wildman–Crippen LogP) is 8.51. The van der Waals surface area contributed by atoms with Crippen LogP contribution in [-0.2, 0) is 0 Å². The summed E-state index contributed by atoms with van der Waals surface area (Å²) >= 11 is 0. The van der Waals surface area contributed by atoms with Crippen LogP contribution in [0.5, 0.6) is 0 Å². The summed E-state index contributed by atoms with van der Waals surface area (Å²) in [5, 5.41) is 0. The summed E-state index contributed by atoms with van der Waals surface area (Å²) in [5.41, 5.74) is 2.31. The molecule has 0 bridgehead atoms. The molecule has 8 atom stereocenters. The number of rotatable bonds is 3. The predicted molar refractivity (Wildman–Crippen MR) is 140 cm³/mol. The molecule has 32 heavy (non-hydrogen) atoms. The zero-order valence-electron chi connectivity index (χ0n) is 21.9. The van der Waals surface area contributed by atoms with E-state index in [2.05, 4.69) is 31.8 Å². The average Bonchev–Trinajstić information content (AvgIpc) is 3.49. The minimum Gasteiger partial charge on any atom is -0.294 e. The summed E-state index contributed by atoms with van der Waals surface area (Å²) in [6, 6.07) is 2.91. The SMILES string of the molecule is CC1CCC(N2C3CCC(C)CC3C3C2C2CCCCC2C3[Si](C)(C)C2CCCC2)CC1. The molecule has 8 unspecified atom stereocenters. The number of hydrogen-bond donors (Lipinski definition) is 0. The van der Waals surface area contributed by atoms with Crippen molar-refractivity contribution in [2.75, 3.05) is 0 Å². The van der Waals surface area contributed by atoms with E-state index in [0.29, 0.717) is 0 Å². The molecule has 0 amide bonds. The van der Waals surface area contributed by atoms with E-state index >= 15 is 0 Å². The molecule has 1 aliphatic heterocycles. The zero-order chi connectivity index (χ0) is 22.0. The lowest BCUT2D eigenvalue weighted by molar-refractivity contribution is 0.0289. The van der Waals surface area contributed by atoms with Crippen molar-refractivity contribution in [2.24, 2.45) is 35.5 Å². The monoisotopic (exact) mass is 455 g/mol. The van der Waals surface area contributed by atoms with Crippen LogP contribution in [0, 0.1) is 35.5 Å². The Bertz CT molecular complexity index is 660. The molecule has 1 nitrogen and oxygen atoms in total. The maximum atomic E-state index is 3.34. The lowest BCUT2D eigenvalue weighted by atomic mass is 9.73. The van der Waals surface area contributed by atoms with Crippen molar-refractivity contribution in [1.82, 2.24) is 4.90 Å². The van der Waals surface area contributed by atoms with Crippen LogP contribution in [-0.4, -0.2) is 31.1 Å². The third kappa shape index (κ3) is 3.54. The van der Waals surface area contributed by atoms with Crippen LogP contribution < -0.4 is 0 Å². The second-order valence-corrected chi connectivity index (χ2v) is 19.6. The van der Waals surface area contributed by atoms with Crippen molar-refractivity contribution >= 4 is 8.07 Å². The standard InChI is InChI=1S/C30H53NSi/c1-20-13-16-22(17-14-20)31-27-18-15-21(2)19-26(27)28-29(31)24-11-7-8-12-25(24)30(28)32(3,4)23-9-5-6-10-23/h20-30H,5-19H2,1-4H3. The maximum absolute atomic E-state index is 3.34. The van der Waals surface area contributed by atoms with Crippen LogP contribution in [0.4, 0.5) is 0 Å². The molecule has 6 fully saturated rings. The molecule has 182 valence electrons. The first kappa shape index (κ1) is 22.6. The molecule has 2 heteroatoms. The molecule has 0 aromatic rings. The van der Waals surface area contributed by atoms with Gasteiger partial charge in [0.05, 0.1) is 8.07 Å². The largest absolute Gasteiger partial charge is 0.294 e. The van der Waals surface area contributed by atoms with Gasteiger partial charge in [0.1, 0.15) is 0 Å². The number of likely N-dealkylation sites (tertiary alicyclic amines) is 1. The van der Waals surface area contributed by atoms with Crippen LogP contribution >= 0.6 is 0 Å². The Hall–Kier alpha value is 0.177. The molecule has 0 aromatic heterocycles. The van der Waals surface area contributed by atoms with Gasteiger partial charge in [-0.25, -0.2) is 0 Å². The highest BCUT2D eigenvalue weighted by atomic mass is 28.3. The van der Waals surface area contributed by atoms with E-state index in [9.17, 15) is 0 Å². The number of fused-ring (bicyclic) bond motifs is 5. The smallest absolute Gasteiger partial charge is 0.0542 e. The highest BCUT2D eigenvalue weighted by Crippen LogP contribution is 2.68. The Kier molecular flexibility index (Phi) is 6.14. The molecule has 5 saturated carbocycles. The topological polar surface area (TPSA) is 3.24 Å². The Morgan fingerprint density at radius 2 is 1.25 bits per heavy atom. The third-order valence-corrected chi connectivity index (χ3v) is 17.8. The van der Waals surface area contributed by atoms with Gasteiger partial charge in [-0.05, 0) is 98.0 Å². The van der Waals surface area contributed by atoms with Gasteiger partial charge in [0.25, 0.3) is 0 Å². The quantitative estimate of drug-likeness (QED) is 0.385. The van der Waals surface area contributed by atoms with Gasteiger partial charge in [-0.1, -0.05) is 71.9 Å². The fraction of sp³-hybridized carbons (Fsp3) is 1.00. The highest BCUT2D eigenvalue weighted by Gasteiger charge is 2.66. The molecule has 0 aromatic carbocycles. The first-order valence-corrected chi connectivity index (χ1v) is 18.4. The van der Waals surface area contributed by atoms with Crippen LogP contribution in [0.1, 0.15) is 110 Å². The van der Waals surface area contributed by atoms with Crippen molar-refractivity contribution in [2.45, 2.75) is 152 Å². The van der Waals surface area contributed by atoms with Gasteiger partial charge in [0, 0.05) is 18.1 Å². The normalized spacial score (nSPS) is 50.2. The van der Waals surface area contributed by atoms with E-state index < -0.39 is 8.07 Å². The molecule has 0 spiro atoms. The van der Waals surface area contributed by atoms with Crippen molar-refractivity contribution in [3.63, 3.8) is 0 Å². The summed E-state index contributed by atoms with van der Waals surface area (Å²) in [6.07, 6.45) is 23.3. The first-order valence-electron chi connectivity index (χ1n) is 15.2.